The van der Waals surface area contributed by atoms with Crippen molar-refractivity contribution >= 4 is 5.91 Å². The number of amides is 1. The van der Waals surface area contributed by atoms with Gasteiger partial charge in [-0.2, -0.15) is 0 Å². The van der Waals surface area contributed by atoms with Crippen molar-refractivity contribution in [3.05, 3.63) is 17.5 Å². The van der Waals surface area contributed by atoms with Crippen LogP contribution in [0.2, 0.25) is 0 Å². The van der Waals surface area contributed by atoms with Gasteiger partial charge in [-0.05, 0) is 45.6 Å². The van der Waals surface area contributed by atoms with E-state index in [1.807, 2.05) is 17.9 Å². The minimum absolute atomic E-state index is 0.0732. The Morgan fingerprint density at radius 1 is 1.57 bits per heavy atom. The SMILES string of the molecule is CCC1(C(=O)N2CCCC2c2cc(C)no2)CCCNC1. The first-order valence-corrected chi connectivity index (χ1v) is 8.11. The van der Waals surface area contributed by atoms with Crippen molar-refractivity contribution in [1.29, 1.82) is 0 Å². The third kappa shape index (κ3) is 2.59. The molecule has 3 rings (SSSR count). The number of carbonyl (C=O) groups excluding carboxylic acids is 1. The molecule has 116 valence electrons. The number of piperidine rings is 1. The molecule has 0 saturated carbocycles. The fraction of sp³-hybridized carbons (Fsp3) is 0.750. The summed E-state index contributed by atoms with van der Waals surface area (Å²) >= 11 is 0. The fourth-order valence-corrected chi connectivity index (χ4v) is 3.75. The number of likely N-dealkylation sites (tertiary alicyclic amines) is 1. The molecule has 2 aliphatic rings. The van der Waals surface area contributed by atoms with E-state index in [0.717, 1.165) is 63.2 Å². The van der Waals surface area contributed by atoms with Gasteiger partial charge in [-0.25, -0.2) is 0 Å². The molecular formula is C16H25N3O2. The monoisotopic (exact) mass is 291 g/mol. The van der Waals surface area contributed by atoms with E-state index in [2.05, 4.69) is 17.4 Å². The predicted octanol–water partition coefficient (Wildman–Crippen LogP) is 2.43. The average Bonchev–Trinajstić information content (AvgIpc) is 3.15. The molecule has 2 saturated heterocycles. The van der Waals surface area contributed by atoms with Crippen LogP contribution in [-0.4, -0.2) is 35.6 Å². The lowest BCUT2D eigenvalue weighted by atomic mass is 9.77. The molecule has 1 amide bonds. The first-order valence-electron chi connectivity index (χ1n) is 8.11. The smallest absolute Gasteiger partial charge is 0.230 e. The summed E-state index contributed by atoms with van der Waals surface area (Å²) in [6.07, 6.45) is 5.00. The van der Waals surface area contributed by atoms with E-state index in [1.165, 1.54) is 0 Å². The molecule has 0 bridgehead atoms. The van der Waals surface area contributed by atoms with Crippen molar-refractivity contribution in [2.75, 3.05) is 19.6 Å². The van der Waals surface area contributed by atoms with Crippen LogP contribution in [0.4, 0.5) is 0 Å². The molecule has 1 aromatic heterocycles. The Kier molecular flexibility index (Phi) is 4.02. The van der Waals surface area contributed by atoms with Gasteiger partial charge >= 0.3 is 0 Å². The highest BCUT2D eigenvalue weighted by atomic mass is 16.5. The Hall–Kier alpha value is -1.36. The molecule has 2 aliphatic heterocycles. The Labute approximate surface area is 126 Å². The maximum atomic E-state index is 13.2. The molecule has 2 fully saturated rings. The highest BCUT2D eigenvalue weighted by molar-refractivity contribution is 5.83. The highest BCUT2D eigenvalue weighted by Crippen LogP contribution is 2.39. The third-order valence-electron chi connectivity index (χ3n) is 5.09. The number of rotatable bonds is 3. The maximum Gasteiger partial charge on any atom is 0.230 e. The molecule has 0 aromatic carbocycles. The summed E-state index contributed by atoms with van der Waals surface area (Å²) in [5.41, 5.74) is 0.657. The van der Waals surface area contributed by atoms with E-state index in [9.17, 15) is 4.79 Å². The molecule has 2 atom stereocenters. The van der Waals surface area contributed by atoms with Crippen molar-refractivity contribution in [3.63, 3.8) is 0 Å². The molecule has 2 unspecified atom stereocenters. The van der Waals surface area contributed by atoms with Crippen molar-refractivity contribution in [2.24, 2.45) is 5.41 Å². The summed E-state index contributed by atoms with van der Waals surface area (Å²) in [5, 5.41) is 7.39. The van der Waals surface area contributed by atoms with E-state index < -0.39 is 0 Å². The van der Waals surface area contributed by atoms with Gasteiger partial charge in [0.25, 0.3) is 0 Å². The minimum atomic E-state index is -0.226. The van der Waals surface area contributed by atoms with Gasteiger partial charge in [0.1, 0.15) is 0 Å². The predicted molar refractivity (Wildman–Crippen MR) is 79.8 cm³/mol. The molecule has 5 heteroatoms. The van der Waals surface area contributed by atoms with Gasteiger partial charge in [0.15, 0.2) is 5.76 Å². The molecule has 1 aromatic rings. The Balaban J connectivity index is 1.82. The van der Waals surface area contributed by atoms with Crippen LogP contribution in [0.3, 0.4) is 0 Å². The number of hydrogen-bond acceptors (Lipinski definition) is 4. The van der Waals surface area contributed by atoms with Gasteiger partial charge in [0.2, 0.25) is 5.91 Å². The van der Waals surface area contributed by atoms with Gasteiger partial charge in [-0.3, -0.25) is 4.79 Å². The van der Waals surface area contributed by atoms with Gasteiger partial charge in [0.05, 0.1) is 17.2 Å². The lowest BCUT2D eigenvalue weighted by Crippen LogP contribution is -2.51. The van der Waals surface area contributed by atoms with Crippen molar-refractivity contribution < 1.29 is 9.32 Å². The Bertz CT molecular complexity index is 505. The van der Waals surface area contributed by atoms with Crippen molar-refractivity contribution in [1.82, 2.24) is 15.4 Å². The summed E-state index contributed by atoms with van der Waals surface area (Å²) in [7, 11) is 0. The summed E-state index contributed by atoms with van der Waals surface area (Å²) < 4.78 is 5.42. The molecule has 21 heavy (non-hydrogen) atoms. The Morgan fingerprint density at radius 2 is 2.43 bits per heavy atom. The van der Waals surface area contributed by atoms with Crippen molar-refractivity contribution in [3.8, 4) is 0 Å². The van der Waals surface area contributed by atoms with Gasteiger partial charge in [-0.15, -0.1) is 0 Å². The number of nitrogens with zero attached hydrogens (tertiary/aromatic N) is 2. The second kappa shape index (κ2) is 5.79. The molecule has 0 radical (unpaired) electrons. The largest absolute Gasteiger partial charge is 0.359 e. The van der Waals surface area contributed by atoms with Crippen LogP contribution in [0.1, 0.15) is 56.5 Å². The number of nitrogens with one attached hydrogen (secondary N) is 1. The molecule has 3 heterocycles. The lowest BCUT2D eigenvalue weighted by Gasteiger charge is -2.39. The molecular weight excluding hydrogens is 266 g/mol. The van der Waals surface area contributed by atoms with Gasteiger partial charge < -0.3 is 14.7 Å². The topological polar surface area (TPSA) is 58.4 Å². The molecule has 1 N–H and O–H groups in total. The standard InChI is InChI=1S/C16H25N3O2/c1-3-16(7-5-8-17-11-16)15(20)19-9-4-6-13(19)14-10-12(2)18-21-14/h10,13,17H,3-9,11H2,1-2H3. The normalized spacial score (nSPS) is 29.8. The van der Waals surface area contributed by atoms with E-state index in [0.29, 0.717) is 5.91 Å². The summed E-state index contributed by atoms with van der Waals surface area (Å²) in [4.78, 5) is 15.2. The first-order chi connectivity index (χ1) is 10.2. The van der Waals surface area contributed by atoms with E-state index in [-0.39, 0.29) is 11.5 Å². The van der Waals surface area contributed by atoms with E-state index in [4.69, 9.17) is 4.52 Å². The highest BCUT2D eigenvalue weighted by Gasteiger charge is 2.44. The third-order valence-corrected chi connectivity index (χ3v) is 5.09. The first kappa shape index (κ1) is 14.6. The zero-order valence-electron chi connectivity index (χ0n) is 13.0. The fourth-order valence-electron chi connectivity index (χ4n) is 3.75. The lowest BCUT2D eigenvalue weighted by molar-refractivity contribution is -0.145. The second-order valence-corrected chi connectivity index (χ2v) is 6.44. The zero-order valence-corrected chi connectivity index (χ0v) is 13.0. The van der Waals surface area contributed by atoms with Crippen LogP contribution in [0.15, 0.2) is 10.6 Å². The van der Waals surface area contributed by atoms with E-state index >= 15 is 0 Å². The summed E-state index contributed by atoms with van der Waals surface area (Å²) in [5.74, 6) is 1.14. The maximum absolute atomic E-state index is 13.2. The summed E-state index contributed by atoms with van der Waals surface area (Å²) in [6, 6.07) is 2.04. The number of carbonyl (C=O) groups is 1. The van der Waals surface area contributed by atoms with Gasteiger partial charge in [-0.1, -0.05) is 12.1 Å². The number of hydrogen-bond donors (Lipinski definition) is 1. The number of aromatic nitrogens is 1. The zero-order chi connectivity index (χ0) is 14.9. The van der Waals surface area contributed by atoms with Crippen molar-refractivity contribution in [2.45, 2.75) is 52.0 Å². The average molecular weight is 291 g/mol. The van der Waals surface area contributed by atoms with Crippen LogP contribution in [0.25, 0.3) is 0 Å². The quantitative estimate of drug-likeness (QED) is 0.929. The van der Waals surface area contributed by atoms with Crippen LogP contribution >= 0.6 is 0 Å². The molecule has 5 nitrogen and oxygen atoms in total. The van der Waals surface area contributed by atoms with Gasteiger partial charge in [0, 0.05) is 19.2 Å². The van der Waals surface area contributed by atoms with Crippen LogP contribution in [0, 0.1) is 12.3 Å². The van der Waals surface area contributed by atoms with E-state index in [1.54, 1.807) is 0 Å². The van der Waals surface area contributed by atoms with Crippen LogP contribution < -0.4 is 5.32 Å². The molecule has 0 aliphatic carbocycles. The van der Waals surface area contributed by atoms with Crippen LogP contribution in [0.5, 0.6) is 0 Å². The second-order valence-electron chi connectivity index (χ2n) is 6.44. The summed E-state index contributed by atoms with van der Waals surface area (Å²) in [6.45, 7) is 6.73. The number of aryl methyl sites for hydroxylation is 1. The molecule has 0 spiro atoms. The minimum Gasteiger partial charge on any atom is -0.359 e. The van der Waals surface area contributed by atoms with Crippen LogP contribution in [-0.2, 0) is 4.79 Å². The Morgan fingerprint density at radius 3 is 3.05 bits per heavy atom.